The maximum absolute atomic E-state index is 14.6. The van der Waals surface area contributed by atoms with E-state index in [9.17, 15) is 26.7 Å². The van der Waals surface area contributed by atoms with Gasteiger partial charge in [-0.15, -0.1) is 0 Å². The summed E-state index contributed by atoms with van der Waals surface area (Å²) in [6, 6.07) is 54.6. The van der Waals surface area contributed by atoms with E-state index in [-0.39, 0.29) is 52.9 Å². The molecule has 0 amide bonds. The van der Waals surface area contributed by atoms with Crippen LogP contribution in [-0.2, 0) is 96.6 Å². The highest BCUT2D eigenvalue weighted by molar-refractivity contribution is 7.87. The fourth-order valence-electron chi connectivity index (χ4n) is 8.33. The lowest BCUT2D eigenvalue weighted by molar-refractivity contribution is -0.367. The van der Waals surface area contributed by atoms with Crippen molar-refractivity contribution < 1.29 is 73.5 Å². The standard InChI is InChI=1S/C55H57F3O13S/c56-55(57,58)72(60,61)71-52-49(65-34-42-25-13-4-14-26-42)47(64-33-41-23-11-3-12-24-41)45(37-62-31-39-19-7-1-8-20-39)69-54(52)70-48-46(38-63-32-40-21-9-2-10-22-40)68-53(59)51(67-36-44-29-17-6-18-30-44)50(48)66-35-43-27-15-5-16-28-43/h1-30,45-54,59H,31-38H2/t45-,46-,47-,48-,49+,50+,51-,52-,53+,54+/m1/s1. The number of alkyl halides is 3. The summed E-state index contributed by atoms with van der Waals surface area (Å²) in [5.41, 5.74) is -1.49. The lowest BCUT2D eigenvalue weighted by Crippen LogP contribution is -2.66. The number of rotatable bonds is 24. The molecule has 0 aromatic heterocycles. The molecule has 2 heterocycles. The molecule has 72 heavy (non-hydrogen) atoms. The number of hydrogen-bond acceptors (Lipinski definition) is 13. The van der Waals surface area contributed by atoms with E-state index in [4.69, 9.17) is 46.8 Å². The largest absolute Gasteiger partial charge is 0.523 e. The first kappa shape index (κ1) is 52.9. The van der Waals surface area contributed by atoms with Gasteiger partial charge in [0.25, 0.3) is 0 Å². The van der Waals surface area contributed by atoms with Gasteiger partial charge in [0.1, 0.15) is 42.7 Å². The van der Waals surface area contributed by atoms with E-state index in [0.717, 1.165) is 22.3 Å². The highest BCUT2D eigenvalue weighted by atomic mass is 32.2. The van der Waals surface area contributed by atoms with Gasteiger partial charge in [-0.05, 0) is 33.4 Å². The molecule has 382 valence electrons. The van der Waals surface area contributed by atoms with E-state index < -0.39 is 77.0 Å². The number of halogens is 3. The van der Waals surface area contributed by atoms with Crippen LogP contribution in [0.4, 0.5) is 13.2 Å². The number of hydrogen-bond donors (Lipinski definition) is 1. The zero-order valence-electron chi connectivity index (χ0n) is 39.1. The Morgan fingerprint density at radius 2 is 0.736 bits per heavy atom. The van der Waals surface area contributed by atoms with Crippen molar-refractivity contribution in [1.82, 2.24) is 0 Å². The minimum absolute atomic E-state index is 0.0226. The van der Waals surface area contributed by atoms with E-state index in [1.165, 1.54) is 0 Å². The molecule has 6 aromatic rings. The zero-order chi connectivity index (χ0) is 50.2. The van der Waals surface area contributed by atoms with Crippen molar-refractivity contribution in [1.29, 1.82) is 0 Å². The second-order valence-corrected chi connectivity index (χ2v) is 18.8. The van der Waals surface area contributed by atoms with Gasteiger partial charge in [-0.25, -0.2) is 0 Å². The molecular formula is C55H57F3O13S. The molecule has 2 saturated heterocycles. The molecular weight excluding hydrogens is 958 g/mol. The molecule has 8 rings (SSSR count). The molecule has 0 unspecified atom stereocenters. The molecule has 0 radical (unpaired) electrons. The molecule has 2 aliphatic heterocycles. The van der Waals surface area contributed by atoms with Crippen molar-refractivity contribution in [3.63, 3.8) is 0 Å². The summed E-state index contributed by atoms with van der Waals surface area (Å²) >= 11 is 0. The number of aliphatic hydroxyl groups is 1. The van der Waals surface area contributed by atoms with Gasteiger partial charge in [0, 0.05) is 0 Å². The van der Waals surface area contributed by atoms with Crippen LogP contribution in [0.5, 0.6) is 0 Å². The normalized spacial score (nSPS) is 24.7. The van der Waals surface area contributed by atoms with Crippen molar-refractivity contribution >= 4 is 10.1 Å². The minimum atomic E-state index is -6.40. The summed E-state index contributed by atoms with van der Waals surface area (Å²) < 4.78 is 134. The lowest BCUT2D eigenvalue weighted by Gasteiger charge is -2.49. The third kappa shape index (κ3) is 14.9. The minimum Gasteiger partial charge on any atom is -0.374 e. The Labute approximate surface area is 417 Å². The Bertz CT molecular complexity index is 2590. The van der Waals surface area contributed by atoms with Crippen LogP contribution < -0.4 is 0 Å². The Kier molecular flexibility index (Phi) is 19.1. The highest BCUT2D eigenvalue weighted by Gasteiger charge is 2.58. The molecule has 1 N–H and O–H groups in total. The maximum Gasteiger partial charge on any atom is 0.523 e. The molecule has 13 nitrogen and oxygen atoms in total. The van der Waals surface area contributed by atoms with Crippen LogP contribution in [0.1, 0.15) is 33.4 Å². The Balaban J connectivity index is 1.21. The van der Waals surface area contributed by atoms with Gasteiger partial charge >= 0.3 is 15.6 Å². The third-order valence-electron chi connectivity index (χ3n) is 11.9. The monoisotopic (exact) mass is 1010 g/mol. The van der Waals surface area contributed by atoms with Gasteiger partial charge in [-0.3, -0.25) is 4.18 Å². The van der Waals surface area contributed by atoms with E-state index >= 15 is 0 Å². The number of aliphatic hydroxyl groups excluding tert-OH is 1. The van der Waals surface area contributed by atoms with Gasteiger partial charge < -0.3 is 47.7 Å². The molecule has 0 saturated carbocycles. The number of ether oxygens (including phenoxy) is 9. The second-order valence-electron chi connectivity index (χ2n) is 17.2. The van der Waals surface area contributed by atoms with E-state index in [2.05, 4.69) is 0 Å². The quantitative estimate of drug-likeness (QED) is 0.0456. The van der Waals surface area contributed by atoms with Crippen LogP contribution in [0.15, 0.2) is 182 Å². The molecule has 0 spiro atoms. The molecule has 2 fully saturated rings. The summed E-state index contributed by atoms with van der Waals surface area (Å²) in [5, 5.41) is 11.8. The van der Waals surface area contributed by atoms with Gasteiger partial charge in [0.2, 0.25) is 0 Å². The first-order chi connectivity index (χ1) is 35.0. The average Bonchev–Trinajstić information content (AvgIpc) is 3.39. The van der Waals surface area contributed by atoms with Crippen molar-refractivity contribution in [2.75, 3.05) is 13.2 Å². The topological polar surface area (TPSA) is 147 Å². The van der Waals surface area contributed by atoms with Crippen molar-refractivity contribution in [2.24, 2.45) is 0 Å². The van der Waals surface area contributed by atoms with Crippen LogP contribution in [-0.4, -0.2) is 93.7 Å². The van der Waals surface area contributed by atoms with Crippen LogP contribution in [0.25, 0.3) is 0 Å². The van der Waals surface area contributed by atoms with Crippen LogP contribution >= 0.6 is 0 Å². The summed E-state index contributed by atoms with van der Waals surface area (Å²) in [6.45, 7) is -0.691. The third-order valence-corrected chi connectivity index (χ3v) is 13.0. The predicted molar refractivity (Wildman–Crippen MR) is 257 cm³/mol. The van der Waals surface area contributed by atoms with E-state index in [0.29, 0.717) is 11.1 Å². The van der Waals surface area contributed by atoms with Crippen LogP contribution in [0, 0.1) is 0 Å². The Morgan fingerprint density at radius 1 is 0.417 bits per heavy atom. The molecule has 0 bridgehead atoms. The summed E-state index contributed by atoms with van der Waals surface area (Å²) in [5.74, 6) is 0. The van der Waals surface area contributed by atoms with Gasteiger partial charge in [-0.2, -0.15) is 21.6 Å². The lowest BCUT2D eigenvalue weighted by atomic mass is 9.96. The van der Waals surface area contributed by atoms with Crippen molar-refractivity contribution in [3.05, 3.63) is 215 Å². The van der Waals surface area contributed by atoms with Gasteiger partial charge in [-0.1, -0.05) is 182 Å². The van der Waals surface area contributed by atoms with E-state index in [1.807, 2.05) is 127 Å². The summed E-state index contributed by atoms with van der Waals surface area (Å²) in [4.78, 5) is 0. The first-order valence-corrected chi connectivity index (χ1v) is 24.9. The number of benzene rings is 6. The van der Waals surface area contributed by atoms with Gasteiger partial charge in [0.15, 0.2) is 18.7 Å². The van der Waals surface area contributed by atoms with Crippen molar-refractivity contribution in [2.45, 2.75) is 107 Å². The SMILES string of the molecule is O=S(=O)(O[C@H]1[C@H](O[C@H]2[C@H](OCc3ccccc3)[C@@H](OCc3ccccc3)[C@@H](O)O[C@@H]2COCc2ccccc2)O[C@H](COCc2ccccc2)[C@@H](OCc2ccccc2)[C@@H]1OCc1ccccc1)C(F)(F)F. The van der Waals surface area contributed by atoms with Crippen LogP contribution in [0.3, 0.4) is 0 Å². The second kappa shape index (κ2) is 26.0. The molecule has 10 atom stereocenters. The van der Waals surface area contributed by atoms with E-state index in [1.54, 1.807) is 54.6 Å². The predicted octanol–water partition coefficient (Wildman–Crippen LogP) is 8.82. The van der Waals surface area contributed by atoms with Gasteiger partial charge in [0.05, 0.1) is 52.9 Å². The fourth-order valence-corrected chi connectivity index (χ4v) is 8.94. The molecule has 17 heteroatoms. The smallest absolute Gasteiger partial charge is 0.374 e. The Hall–Kier alpha value is -5.38. The highest BCUT2D eigenvalue weighted by Crippen LogP contribution is 2.38. The average molecular weight is 1020 g/mol. The summed E-state index contributed by atoms with van der Waals surface area (Å²) in [7, 11) is -6.40. The summed E-state index contributed by atoms with van der Waals surface area (Å²) in [6.07, 6.45) is -15.3. The van der Waals surface area contributed by atoms with Crippen molar-refractivity contribution in [3.8, 4) is 0 Å². The Morgan fingerprint density at radius 3 is 1.11 bits per heavy atom. The first-order valence-electron chi connectivity index (χ1n) is 23.5. The zero-order valence-corrected chi connectivity index (χ0v) is 40.0. The van der Waals surface area contributed by atoms with Crippen LogP contribution in [0.2, 0.25) is 0 Å². The molecule has 0 aliphatic carbocycles. The molecule has 6 aromatic carbocycles. The molecule has 2 aliphatic rings. The maximum atomic E-state index is 14.6. The fraction of sp³-hybridized carbons (Fsp3) is 0.345.